The number of carbonyl (C=O) groups excluding carboxylic acids is 2. The maximum Gasteiger partial charge on any atom is 0.414 e. The molecule has 6 nitrogen and oxygen atoms in total. The minimum Gasteiger partial charge on any atom is -0.442 e. The van der Waals surface area contributed by atoms with Crippen LogP contribution in [0.3, 0.4) is 0 Å². The molecule has 3 unspecified atom stereocenters. The summed E-state index contributed by atoms with van der Waals surface area (Å²) in [5.41, 5.74) is 0.158. The lowest BCUT2D eigenvalue weighted by Gasteiger charge is -2.37. The van der Waals surface area contributed by atoms with Gasteiger partial charge in [-0.15, -0.1) is 0 Å². The zero-order valence-electron chi connectivity index (χ0n) is 15.9. The highest BCUT2D eigenvalue weighted by Crippen LogP contribution is 2.41. The lowest BCUT2D eigenvalue weighted by Crippen LogP contribution is -2.43. The average molecular weight is 423 g/mol. The van der Waals surface area contributed by atoms with E-state index in [0.29, 0.717) is 0 Å². The minimum absolute atomic E-state index is 0.0161. The summed E-state index contributed by atoms with van der Waals surface area (Å²) in [7, 11) is 0. The van der Waals surface area contributed by atoms with Gasteiger partial charge < -0.3 is 15.0 Å². The molecule has 9 heteroatoms. The van der Waals surface area contributed by atoms with E-state index < -0.39 is 23.8 Å². The van der Waals surface area contributed by atoms with Crippen LogP contribution >= 0.6 is 11.8 Å². The largest absolute Gasteiger partial charge is 0.442 e. The van der Waals surface area contributed by atoms with Crippen LogP contribution in [0.2, 0.25) is 0 Å². The van der Waals surface area contributed by atoms with E-state index in [-0.39, 0.29) is 48.4 Å². The van der Waals surface area contributed by atoms with E-state index in [0.717, 1.165) is 37.2 Å². The number of thioether (sulfide) groups is 1. The van der Waals surface area contributed by atoms with Gasteiger partial charge in [0.1, 0.15) is 11.8 Å². The Bertz CT molecular complexity index is 811. The molecule has 1 aromatic rings. The van der Waals surface area contributed by atoms with Gasteiger partial charge in [-0.3, -0.25) is 9.69 Å². The summed E-state index contributed by atoms with van der Waals surface area (Å²) in [5, 5.41) is 2.77. The molecule has 156 valence electrons. The van der Waals surface area contributed by atoms with E-state index in [1.54, 1.807) is 0 Å². The predicted molar refractivity (Wildman–Crippen MR) is 106 cm³/mol. The first-order chi connectivity index (χ1) is 14.0. The molecule has 4 fully saturated rings. The number of fused-ring (bicyclic) bond motifs is 2. The van der Waals surface area contributed by atoms with E-state index >= 15 is 0 Å². The van der Waals surface area contributed by atoms with Crippen LogP contribution < -0.4 is 15.1 Å². The van der Waals surface area contributed by atoms with Crippen molar-refractivity contribution in [2.45, 2.75) is 43.9 Å². The van der Waals surface area contributed by atoms with E-state index in [2.05, 4.69) is 5.32 Å². The van der Waals surface area contributed by atoms with E-state index in [1.807, 2.05) is 16.7 Å². The summed E-state index contributed by atoms with van der Waals surface area (Å²) in [6.45, 7) is 0.350. The van der Waals surface area contributed by atoms with Crippen molar-refractivity contribution in [1.29, 1.82) is 0 Å². The molecule has 0 aromatic heterocycles. The lowest BCUT2D eigenvalue weighted by molar-refractivity contribution is -0.122. The second-order valence-corrected chi connectivity index (χ2v) is 9.30. The number of anilines is 2. The van der Waals surface area contributed by atoms with Crippen LogP contribution in [0.25, 0.3) is 0 Å². The summed E-state index contributed by atoms with van der Waals surface area (Å²) >= 11 is 1.83. The Kier molecular flexibility index (Phi) is 4.80. The predicted octanol–water partition coefficient (Wildman–Crippen LogP) is 2.90. The summed E-state index contributed by atoms with van der Waals surface area (Å²) in [5.74, 6) is 0.495. The molecule has 4 aliphatic rings. The number of benzene rings is 1. The average Bonchev–Trinajstić information content (AvgIpc) is 3.43. The Hall–Kier alpha value is -2.03. The summed E-state index contributed by atoms with van der Waals surface area (Å²) in [6.07, 6.45) is 2.49. The fourth-order valence-electron chi connectivity index (χ4n) is 4.49. The van der Waals surface area contributed by atoms with E-state index in [1.165, 1.54) is 17.0 Å². The second-order valence-electron chi connectivity index (χ2n) is 8.22. The van der Waals surface area contributed by atoms with Crippen molar-refractivity contribution in [1.82, 2.24) is 5.32 Å². The molecule has 0 spiro atoms. The Balaban J connectivity index is 1.31. The monoisotopic (exact) mass is 423 g/mol. The molecule has 29 heavy (non-hydrogen) atoms. The Morgan fingerprint density at radius 2 is 1.79 bits per heavy atom. The van der Waals surface area contributed by atoms with Crippen molar-refractivity contribution in [3.63, 3.8) is 0 Å². The molecule has 3 saturated heterocycles. The molecule has 1 aromatic carbocycles. The molecule has 3 atom stereocenters. The highest BCUT2D eigenvalue weighted by atomic mass is 32.2. The van der Waals surface area contributed by atoms with Crippen molar-refractivity contribution >= 4 is 35.1 Å². The molecular formula is C20H23F2N3O3S. The zero-order valence-corrected chi connectivity index (χ0v) is 16.7. The number of halogens is 2. The van der Waals surface area contributed by atoms with Crippen LogP contribution in [0, 0.1) is 17.6 Å². The molecule has 1 aliphatic carbocycles. The Morgan fingerprint density at radius 3 is 2.41 bits per heavy atom. The van der Waals surface area contributed by atoms with Crippen molar-refractivity contribution in [2.24, 2.45) is 5.92 Å². The highest BCUT2D eigenvalue weighted by molar-refractivity contribution is 7.99. The normalized spacial score (nSPS) is 28.6. The van der Waals surface area contributed by atoms with Gasteiger partial charge in [-0.1, -0.05) is 0 Å². The topological polar surface area (TPSA) is 61.9 Å². The molecule has 1 N–H and O–H groups in total. The van der Waals surface area contributed by atoms with Gasteiger partial charge in [-0.2, -0.15) is 11.8 Å². The van der Waals surface area contributed by atoms with Crippen LogP contribution in [-0.4, -0.2) is 54.8 Å². The smallest absolute Gasteiger partial charge is 0.414 e. The van der Waals surface area contributed by atoms with Gasteiger partial charge >= 0.3 is 6.09 Å². The Morgan fingerprint density at radius 1 is 1.14 bits per heavy atom. The number of nitrogens with zero attached hydrogens (tertiary/aromatic N) is 2. The standard InChI is InChI=1S/C20H23F2N3O3S/c21-16-5-14(6-17(22)18(16)25-12-3-4-13(25)10-29-9-12)24-8-15(28-20(24)27)7-23-19(26)11-1-2-11/h5-6,11-13,15H,1-4,7-10H2,(H,23,26). The SMILES string of the molecule is O=C(NCC1CN(c2cc(F)c(N3C4CCC3CSC4)c(F)c2)C(=O)O1)C1CC1. The fourth-order valence-corrected chi connectivity index (χ4v) is 5.83. The van der Waals surface area contributed by atoms with Crippen molar-refractivity contribution in [3.8, 4) is 0 Å². The molecule has 3 heterocycles. The zero-order chi connectivity index (χ0) is 20.1. The second kappa shape index (κ2) is 7.34. The summed E-state index contributed by atoms with van der Waals surface area (Å²) < 4.78 is 35.2. The van der Waals surface area contributed by atoms with E-state index in [4.69, 9.17) is 4.74 Å². The third kappa shape index (κ3) is 3.53. The molecular weight excluding hydrogens is 400 g/mol. The van der Waals surface area contributed by atoms with Gasteiger partial charge in [0, 0.05) is 41.6 Å². The lowest BCUT2D eigenvalue weighted by atomic mass is 10.1. The van der Waals surface area contributed by atoms with Gasteiger partial charge in [0.05, 0.1) is 18.8 Å². The fraction of sp³-hybridized carbons (Fsp3) is 0.600. The van der Waals surface area contributed by atoms with E-state index in [9.17, 15) is 18.4 Å². The number of hydrogen-bond donors (Lipinski definition) is 1. The van der Waals surface area contributed by atoms with Gasteiger partial charge in [0.15, 0.2) is 11.6 Å². The number of cyclic esters (lactones) is 1. The third-order valence-electron chi connectivity index (χ3n) is 6.14. The molecule has 2 bridgehead atoms. The van der Waals surface area contributed by atoms with Gasteiger partial charge in [0.2, 0.25) is 5.91 Å². The maximum atomic E-state index is 15.0. The number of ether oxygens (including phenoxy) is 1. The number of amides is 2. The van der Waals surface area contributed by atoms with Crippen LogP contribution in [0.5, 0.6) is 0 Å². The van der Waals surface area contributed by atoms with Crippen molar-refractivity contribution in [3.05, 3.63) is 23.8 Å². The van der Waals surface area contributed by atoms with Crippen molar-refractivity contribution < 1.29 is 23.1 Å². The maximum absolute atomic E-state index is 15.0. The first kappa shape index (κ1) is 19.0. The quantitative estimate of drug-likeness (QED) is 0.789. The highest BCUT2D eigenvalue weighted by Gasteiger charge is 2.40. The summed E-state index contributed by atoms with van der Waals surface area (Å²) in [6, 6.07) is 2.74. The number of hydrogen-bond acceptors (Lipinski definition) is 5. The third-order valence-corrected chi connectivity index (χ3v) is 7.38. The first-order valence-electron chi connectivity index (χ1n) is 10.1. The Labute approximate surface area is 171 Å². The van der Waals surface area contributed by atoms with Gasteiger partial charge in [0.25, 0.3) is 0 Å². The van der Waals surface area contributed by atoms with Gasteiger partial charge in [-0.05, 0) is 25.7 Å². The minimum atomic E-state index is -0.656. The van der Waals surface area contributed by atoms with Crippen LogP contribution in [0.4, 0.5) is 25.0 Å². The number of rotatable bonds is 5. The van der Waals surface area contributed by atoms with Crippen LogP contribution in [0.1, 0.15) is 25.7 Å². The van der Waals surface area contributed by atoms with Gasteiger partial charge in [-0.25, -0.2) is 13.6 Å². The molecule has 2 amide bonds. The molecule has 5 rings (SSSR count). The van der Waals surface area contributed by atoms with Crippen molar-refractivity contribution in [2.75, 3.05) is 34.4 Å². The number of nitrogens with one attached hydrogen (secondary N) is 1. The van der Waals surface area contributed by atoms with Crippen LogP contribution in [0.15, 0.2) is 12.1 Å². The van der Waals surface area contributed by atoms with Crippen LogP contribution in [-0.2, 0) is 9.53 Å². The molecule has 3 aliphatic heterocycles. The molecule has 1 saturated carbocycles. The number of carbonyl (C=O) groups is 2. The molecule has 0 radical (unpaired) electrons. The first-order valence-corrected chi connectivity index (χ1v) is 11.3. The summed E-state index contributed by atoms with van der Waals surface area (Å²) in [4.78, 5) is 27.1.